The maximum absolute atomic E-state index is 12.0. The zero-order chi connectivity index (χ0) is 13.6. The highest BCUT2D eigenvalue weighted by Crippen LogP contribution is 2.36. The van der Waals surface area contributed by atoms with Gasteiger partial charge in [-0.3, -0.25) is 4.79 Å². The van der Waals surface area contributed by atoms with E-state index in [4.69, 9.17) is 4.74 Å². The molecule has 1 aliphatic carbocycles. The molecule has 1 N–H and O–H groups in total. The van der Waals surface area contributed by atoms with Crippen LogP contribution in [0.25, 0.3) is 0 Å². The minimum absolute atomic E-state index is 0.0980. The second-order valence-corrected chi connectivity index (χ2v) is 7.00. The summed E-state index contributed by atoms with van der Waals surface area (Å²) in [5.74, 6) is 1.86. The predicted molar refractivity (Wildman–Crippen MR) is 78.0 cm³/mol. The Kier molecular flexibility index (Phi) is 6.50. The monoisotopic (exact) mass is 273 g/mol. The van der Waals surface area contributed by atoms with Gasteiger partial charge in [-0.05, 0) is 50.8 Å². The van der Waals surface area contributed by atoms with Gasteiger partial charge in [-0.2, -0.15) is 11.8 Å². The van der Waals surface area contributed by atoms with Crippen LogP contribution in [0.5, 0.6) is 0 Å². The highest BCUT2D eigenvalue weighted by molar-refractivity contribution is 7.99. The van der Waals surface area contributed by atoms with Crippen molar-refractivity contribution in [2.24, 2.45) is 5.92 Å². The van der Waals surface area contributed by atoms with Crippen LogP contribution >= 0.6 is 11.8 Å². The first-order chi connectivity index (χ1) is 8.54. The molecule has 0 saturated heterocycles. The largest absolute Gasteiger partial charge is 0.468 e. The first kappa shape index (κ1) is 15.8. The van der Waals surface area contributed by atoms with Gasteiger partial charge in [0.05, 0.1) is 7.11 Å². The maximum atomic E-state index is 12.0. The van der Waals surface area contributed by atoms with Crippen LogP contribution in [0.1, 0.15) is 46.0 Å². The molecule has 0 heterocycles. The number of nitrogens with one attached hydrogen (secondary N) is 1. The third kappa shape index (κ3) is 4.16. The third-order valence-corrected chi connectivity index (χ3v) is 5.15. The van der Waals surface area contributed by atoms with Crippen LogP contribution in [0.15, 0.2) is 0 Å². The van der Waals surface area contributed by atoms with Crippen LogP contribution in [0.4, 0.5) is 0 Å². The van der Waals surface area contributed by atoms with E-state index in [2.05, 4.69) is 19.2 Å². The lowest BCUT2D eigenvalue weighted by Gasteiger charge is -2.38. The zero-order valence-corrected chi connectivity index (χ0v) is 12.9. The average molecular weight is 273 g/mol. The fourth-order valence-corrected chi connectivity index (χ4v) is 4.22. The molecular formula is C14H27NO2S. The Balaban J connectivity index is 2.50. The summed E-state index contributed by atoms with van der Waals surface area (Å²) in [7, 11) is 3.36. The predicted octanol–water partition coefficient (Wildman–Crippen LogP) is 2.84. The summed E-state index contributed by atoms with van der Waals surface area (Å²) in [6.07, 6.45) is 5.39. The fourth-order valence-electron chi connectivity index (χ4n) is 2.55. The molecule has 1 saturated carbocycles. The molecule has 18 heavy (non-hydrogen) atoms. The molecule has 0 aromatic rings. The van der Waals surface area contributed by atoms with Gasteiger partial charge in [0, 0.05) is 5.25 Å². The van der Waals surface area contributed by atoms with Crippen molar-refractivity contribution in [1.29, 1.82) is 0 Å². The number of ether oxygens (including phenoxy) is 1. The number of carbonyl (C=O) groups is 1. The van der Waals surface area contributed by atoms with Gasteiger partial charge in [-0.25, -0.2) is 0 Å². The van der Waals surface area contributed by atoms with Crippen molar-refractivity contribution in [3.63, 3.8) is 0 Å². The van der Waals surface area contributed by atoms with Gasteiger partial charge in [0.1, 0.15) is 5.54 Å². The summed E-state index contributed by atoms with van der Waals surface area (Å²) in [5.41, 5.74) is -0.442. The van der Waals surface area contributed by atoms with Gasteiger partial charge >= 0.3 is 5.97 Å². The van der Waals surface area contributed by atoms with E-state index in [-0.39, 0.29) is 5.97 Å². The third-order valence-electron chi connectivity index (χ3n) is 3.81. The van der Waals surface area contributed by atoms with Crippen LogP contribution in [0.2, 0.25) is 0 Å². The van der Waals surface area contributed by atoms with E-state index in [1.807, 2.05) is 18.8 Å². The highest BCUT2D eigenvalue weighted by atomic mass is 32.2. The SMILES string of the molecule is CNC1(C(=O)OC)CCCC(SCCC(C)C)C1. The molecular weight excluding hydrogens is 246 g/mol. The fraction of sp³-hybridized carbons (Fsp3) is 0.929. The standard InChI is InChI=1S/C14H27NO2S/c1-11(2)7-9-18-12-6-5-8-14(10-12,15-3)13(16)17-4/h11-12,15H,5-10H2,1-4H3. The number of hydrogen-bond donors (Lipinski definition) is 1. The first-order valence-corrected chi connectivity index (χ1v) is 7.98. The number of likely N-dealkylation sites (N-methyl/N-ethyl adjacent to an activating group) is 1. The Bertz CT molecular complexity index is 271. The minimum atomic E-state index is -0.442. The Labute approximate surface area is 115 Å². The van der Waals surface area contributed by atoms with E-state index in [1.54, 1.807) is 0 Å². The van der Waals surface area contributed by atoms with Gasteiger partial charge in [0.25, 0.3) is 0 Å². The van der Waals surface area contributed by atoms with Crippen LogP contribution in [-0.4, -0.2) is 36.7 Å². The average Bonchev–Trinajstić information content (AvgIpc) is 2.37. The van der Waals surface area contributed by atoms with Gasteiger partial charge in [0.15, 0.2) is 0 Å². The number of rotatable bonds is 6. The van der Waals surface area contributed by atoms with E-state index in [0.717, 1.165) is 25.2 Å². The van der Waals surface area contributed by atoms with Crippen LogP contribution in [-0.2, 0) is 9.53 Å². The lowest BCUT2D eigenvalue weighted by atomic mass is 9.81. The van der Waals surface area contributed by atoms with Crippen LogP contribution in [0.3, 0.4) is 0 Å². The Morgan fingerprint density at radius 2 is 2.28 bits per heavy atom. The Morgan fingerprint density at radius 3 is 2.83 bits per heavy atom. The van der Waals surface area contributed by atoms with Crippen molar-refractivity contribution in [2.45, 2.75) is 56.7 Å². The zero-order valence-electron chi connectivity index (χ0n) is 12.1. The van der Waals surface area contributed by atoms with E-state index in [0.29, 0.717) is 5.25 Å². The van der Waals surface area contributed by atoms with E-state index in [1.165, 1.54) is 25.7 Å². The van der Waals surface area contributed by atoms with Gasteiger partial charge < -0.3 is 10.1 Å². The van der Waals surface area contributed by atoms with Gasteiger partial charge in [-0.15, -0.1) is 0 Å². The Morgan fingerprint density at radius 1 is 1.56 bits per heavy atom. The highest BCUT2D eigenvalue weighted by Gasteiger charge is 2.42. The quantitative estimate of drug-likeness (QED) is 0.755. The van der Waals surface area contributed by atoms with Crippen molar-refractivity contribution in [1.82, 2.24) is 5.32 Å². The topological polar surface area (TPSA) is 38.3 Å². The second-order valence-electron chi connectivity index (χ2n) is 5.60. The van der Waals surface area contributed by atoms with Crippen molar-refractivity contribution in [3.05, 3.63) is 0 Å². The maximum Gasteiger partial charge on any atom is 0.326 e. The van der Waals surface area contributed by atoms with Gasteiger partial charge in [-0.1, -0.05) is 13.8 Å². The van der Waals surface area contributed by atoms with Gasteiger partial charge in [0.2, 0.25) is 0 Å². The molecule has 1 aliphatic rings. The van der Waals surface area contributed by atoms with Crippen molar-refractivity contribution in [2.75, 3.05) is 19.9 Å². The molecule has 0 radical (unpaired) electrons. The van der Waals surface area contributed by atoms with Crippen molar-refractivity contribution < 1.29 is 9.53 Å². The molecule has 0 aromatic carbocycles. The Hall–Kier alpha value is -0.220. The smallest absolute Gasteiger partial charge is 0.326 e. The lowest BCUT2D eigenvalue weighted by molar-refractivity contribution is -0.149. The molecule has 2 unspecified atom stereocenters. The lowest BCUT2D eigenvalue weighted by Crippen LogP contribution is -2.54. The summed E-state index contributed by atoms with van der Waals surface area (Å²) >= 11 is 2.02. The number of thioether (sulfide) groups is 1. The first-order valence-electron chi connectivity index (χ1n) is 6.93. The number of carbonyl (C=O) groups excluding carboxylic acids is 1. The summed E-state index contributed by atoms with van der Waals surface area (Å²) < 4.78 is 4.96. The molecule has 0 amide bonds. The molecule has 1 rings (SSSR count). The number of esters is 1. The second kappa shape index (κ2) is 7.39. The van der Waals surface area contributed by atoms with Crippen LogP contribution in [0, 0.1) is 5.92 Å². The van der Waals surface area contributed by atoms with E-state index < -0.39 is 5.54 Å². The molecule has 0 aromatic heterocycles. The number of hydrogen-bond acceptors (Lipinski definition) is 4. The molecule has 4 heteroatoms. The normalized spacial score (nSPS) is 28.4. The minimum Gasteiger partial charge on any atom is -0.468 e. The van der Waals surface area contributed by atoms with Crippen molar-refractivity contribution >= 4 is 17.7 Å². The summed E-state index contributed by atoms with van der Waals surface area (Å²) in [6.45, 7) is 4.52. The molecule has 0 spiro atoms. The van der Waals surface area contributed by atoms with Crippen molar-refractivity contribution in [3.8, 4) is 0 Å². The van der Waals surface area contributed by atoms with E-state index >= 15 is 0 Å². The molecule has 1 fully saturated rings. The number of methoxy groups -OCH3 is 1. The summed E-state index contributed by atoms with van der Waals surface area (Å²) in [5, 5.41) is 3.80. The summed E-state index contributed by atoms with van der Waals surface area (Å²) in [4.78, 5) is 12.0. The van der Waals surface area contributed by atoms with E-state index in [9.17, 15) is 4.79 Å². The van der Waals surface area contributed by atoms with Crippen LogP contribution < -0.4 is 5.32 Å². The molecule has 3 nitrogen and oxygen atoms in total. The molecule has 0 bridgehead atoms. The summed E-state index contributed by atoms with van der Waals surface area (Å²) in [6, 6.07) is 0. The molecule has 106 valence electrons. The molecule has 0 aliphatic heterocycles. The molecule has 2 atom stereocenters.